The van der Waals surface area contributed by atoms with Crippen molar-refractivity contribution in [1.29, 1.82) is 0 Å². The third kappa shape index (κ3) is 1.60. The smallest absolute Gasteiger partial charge is 0.332 e. The summed E-state index contributed by atoms with van der Waals surface area (Å²) >= 11 is 0. The van der Waals surface area contributed by atoms with Gasteiger partial charge in [-0.15, -0.1) is 0 Å². The molecule has 1 unspecified atom stereocenters. The predicted molar refractivity (Wildman–Crippen MR) is 42.4 cm³/mol. The Labute approximate surface area is 66.3 Å². The number of aliphatic carboxylic acids is 1. The molecule has 0 saturated carbocycles. The Balaban J connectivity index is 2.60. The van der Waals surface area contributed by atoms with Gasteiger partial charge in [0, 0.05) is 11.6 Å². The number of nitrogens with zero attached hydrogens (tertiary/aromatic N) is 1. The molecule has 1 aliphatic heterocycles. The lowest BCUT2D eigenvalue weighted by molar-refractivity contribution is -0.133. The molecule has 0 aromatic heterocycles. The molecule has 3 nitrogen and oxygen atoms in total. The van der Waals surface area contributed by atoms with Gasteiger partial charge in [0.1, 0.15) is 0 Å². The van der Waals surface area contributed by atoms with E-state index in [9.17, 15) is 4.79 Å². The van der Waals surface area contributed by atoms with Gasteiger partial charge in [0.2, 0.25) is 0 Å². The Bertz CT molecular complexity index is 189. The van der Waals surface area contributed by atoms with Gasteiger partial charge in [0.05, 0.1) is 0 Å². The highest BCUT2D eigenvalue weighted by Gasteiger charge is 2.26. The minimum absolute atomic E-state index is 0.0625. The van der Waals surface area contributed by atoms with Crippen LogP contribution < -0.4 is 0 Å². The molecule has 3 heteroatoms. The molecule has 11 heavy (non-hydrogen) atoms. The molecule has 0 radical (unpaired) electrons. The summed E-state index contributed by atoms with van der Waals surface area (Å²) in [5.41, 5.74) is 0.324. The fourth-order valence-corrected chi connectivity index (χ4v) is 1.49. The second kappa shape index (κ2) is 3.05. The number of carbonyl (C=O) groups is 1. The van der Waals surface area contributed by atoms with Crippen LogP contribution in [0.3, 0.4) is 0 Å². The maximum atomic E-state index is 10.5. The SMILES string of the molecule is C=C(C(=O)O)C1CCCN1C. The van der Waals surface area contributed by atoms with Gasteiger partial charge in [0.15, 0.2) is 0 Å². The summed E-state index contributed by atoms with van der Waals surface area (Å²) in [6, 6.07) is 0.0625. The van der Waals surface area contributed by atoms with Crippen LogP contribution in [0.2, 0.25) is 0 Å². The van der Waals surface area contributed by atoms with Gasteiger partial charge >= 0.3 is 5.97 Å². The number of likely N-dealkylation sites (tertiary alicyclic amines) is 1. The number of likely N-dealkylation sites (N-methyl/N-ethyl adjacent to an activating group) is 1. The molecule has 1 aliphatic rings. The first kappa shape index (κ1) is 8.27. The molecule has 1 rings (SSSR count). The van der Waals surface area contributed by atoms with Gasteiger partial charge in [-0.1, -0.05) is 6.58 Å². The van der Waals surface area contributed by atoms with E-state index >= 15 is 0 Å². The summed E-state index contributed by atoms with van der Waals surface area (Å²) in [5.74, 6) is -0.872. The molecule has 1 atom stereocenters. The standard InChI is InChI=1S/C8H13NO2/c1-6(8(10)11)7-4-3-5-9(7)2/h7H,1,3-5H2,2H3,(H,10,11). The number of carboxylic acid groups (broad SMARTS) is 1. The minimum Gasteiger partial charge on any atom is -0.478 e. The van der Waals surface area contributed by atoms with Crippen LogP contribution in [0, 0.1) is 0 Å². The molecule has 0 aliphatic carbocycles. The lowest BCUT2D eigenvalue weighted by Gasteiger charge is -2.18. The van der Waals surface area contributed by atoms with Gasteiger partial charge in [-0.05, 0) is 26.4 Å². The maximum absolute atomic E-state index is 10.5. The van der Waals surface area contributed by atoms with Gasteiger partial charge < -0.3 is 5.11 Å². The molecule has 62 valence electrons. The molecule has 1 saturated heterocycles. The van der Waals surface area contributed by atoms with Crippen LogP contribution in [-0.2, 0) is 4.79 Å². The Hall–Kier alpha value is -0.830. The predicted octanol–water partition coefficient (Wildman–Crippen LogP) is 0.721. The minimum atomic E-state index is -0.872. The van der Waals surface area contributed by atoms with Crippen LogP contribution in [0.1, 0.15) is 12.8 Å². The van der Waals surface area contributed by atoms with E-state index in [0.29, 0.717) is 5.57 Å². The van der Waals surface area contributed by atoms with Crippen molar-refractivity contribution in [3.05, 3.63) is 12.2 Å². The Morgan fingerprint density at radius 2 is 2.36 bits per heavy atom. The zero-order chi connectivity index (χ0) is 8.43. The van der Waals surface area contributed by atoms with E-state index in [1.54, 1.807) is 0 Å². The molecule has 1 fully saturated rings. The second-order valence-corrected chi connectivity index (χ2v) is 2.97. The van der Waals surface area contributed by atoms with E-state index in [1.165, 1.54) is 0 Å². The third-order valence-corrected chi connectivity index (χ3v) is 2.20. The van der Waals surface area contributed by atoms with Gasteiger partial charge in [-0.2, -0.15) is 0 Å². The average Bonchev–Trinajstić information content (AvgIpc) is 2.33. The van der Waals surface area contributed by atoms with Crippen molar-refractivity contribution in [3.8, 4) is 0 Å². The average molecular weight is 155 g/mol. The monoisotopic (exact) mass is 155 g/mol. The van der Waals surface area contributed by atoms with E-state index in [4.69, 9.17) is 5.11 Å². The molecule has 1 N–H and O–H groups in total. The Kier molecular flexibility index (Phi) is 2.29. The topological polar surface area (TPSA) is 40.5 Å². The van der Waals surface area contributed by atoms with E-state index in [2.05, 4.69) is 6.58 Å². The first-order valence-electron chi connectivity index (χ1n) is 3.75. The summed E-state index contributed by atoms with van der Waals surface area (Å²) in [5, 5.41) is 8.63. The molecular formula is C8H13NO2. The number of rotatable bonds is 2. The fraction of sp³-hybridized carbons (Fsp3) is 0.625. The highest BCUT2D eigenvalue weighted by atomic mass is 16.4. The molecule has 1 heterocycles. The summed E-state index contributed by atoms with van der Waals surface area (Å²) in [4.78, 5) is 12.5. The maximum Gasteiger partial charge on any atom is 0.332 e. The van der Waals surface area contributed by atoms with Crippen LogP contribution in [0.25, 0.3) is 0 Å². The molecule has 0 aromatic carbocycles. The molecule has 0 bridgehead atoms. The van der Waals surface area contributed by atoms with Crippen LogP contribution in [0.15, 0.2) is 12.2 Å². The number of carboxylic acids is 1. The van der Waals surface area contributed by atoms with Gasteiger partial charge in [-0.3, -0.25) is 4.90 Å². The molecule has 0 aromatic rings. The summed E-state index contributed by atoms with van der Waals surface area (Å²) in [6.45, 7) is 4.53. The summed E-state index contributed by atoms with van der Waals surface area (Å²) in [6.07, 6.45) is 2.01. The molecule has 0 amide bonds. The molecule has 0 spiro atoms. The Morgan fingerprint density at radius 3 is 2.73 bits per heavy atom. The quantitative estimate of drug-likeness (QED) is 0.597. The third-order valence-electron chi connectivity index (χ3n) is 2.20. The first-order valence-corrected chi connectivity index (χ1v) is 3.75. The highest BCUT2D eigenvalue weighted by Crippen LogP contribution is 2.20. The van der Waals surface area contributed by atoms with Crippen LogP contribution >= 0.6 is 0 Å². The van der Waals surface area contributed by atoms with Crippen molar-refractivity contribution in [2.24, 2.45) is 0 Å². The highest BCUT2D eigenvalue weighted by molar-refractivity contribution is 5.87. The number of hydrogen-bond acceptors (Lipinski definition) is 2. The fourth-order valence-electron chi connectivity index (χ4n) is 1.49. The van der Waals surface area contributed by atoms with Crippen molar-refractivity contribution >= 4 is 5.97 Å². The summed E-state index contributed by atoms with van der Waals surface area (Å²) in [7, 11) is 1.94. The largest absolute Gasteiger partial charge is 0.478 e. The van der Waals surface area contributed by atoms with E-state index in [1.807, 2.05) is 11.9 Å². The van der Waals surface area contributed by atoms with E-state index in [0.717, 1.165) is 19.4 Å². The zero-order valence-electron chi connectivity index (χ0n) is 6.71. The zero-order valence-corrected chi connectivity index (χ0v) is 6.71. The van der Waals surface area contributed by atoms with E-state index in [-0.39, 0.29) is 6.04 Å². The van der Waals surface area contributed by atoms with Crippen molar-refractivity contribution in [3.63, 3.8) is 0 Å². The van der Waals surface area contributed by atoms with Crippen molar-refractivity contribution < 1.29 is 9.90 Å². The molecular weight excluding hydrogens is 142 g/mol. The van der Waals surface area contributed by atoms with E-state index < -0.39 is 5.97 Å². The van der Waals surface area contributed by atoms with Crippen molar-refractivity contribution in [2.75, 3.05) is 13.6 Å². The lowest BCUT2D eigenvalue weighted by Crippen LogP contribution is -2.29. The van der Waals surface area contributed by atoms with Crippen LogP contribution in [0.5, 0.6) is 0 Å². The lowest BCUT2D eigenvalue weighted by atomic mass is 10.1. The van der Waals surface area contributed by atoms with Crippen LogP contribution in [0.4, 0.5) is 0 Å². The number of hydrogen-bond donors (Lipinski definition) is 1. The normalized spacial score (nSPS) is 25.4. The second-order valence-electron chi connectivity index (χ2n) is 2.97. The van der Waals surface area contributed by atoms with Crippen molar-refractivity contribution in [2.45, 2.75) is 18.9 Å². The Morgan fingerprint density at radius 1 is 1.73 bits per heavy atom. The van der Waals surface area contributed by atoms with Crippen molar-refractivity contribution in [1.82, 2.24) is 4.90 Å². The van der Waals surface area contributed by atoms with Crippen LogP contribution in [-0.4, -0.2) is 35.6 Å². The van der Waals surface area contributed by atoms with Gasteiger partial charge in [-0.25, -0.2) is 4.79 Å². The van der Waals surface area contributed by atoms with Gasteiger partial charge in [0.25, 0.3) is 0 Å². The summed E-state index contributed by atoms with van der Waals surface area (Å²) < 4.78 is 0. The first-order chi connectivity index (χ1) is 5.13.